The number of rotatable bonds is 1. The van der Waals surface area contributed by atoms with Gasteiger partial charge in [-0.05, 0) is 47.1 Å². The van der Waals surface area contributed by atoms with E-state index >= 15 is 0 Å². The summed E-state index contributed by atoms with van der Waals surface area (Å²) >= 11 is 0. The minimum absolute atomic E-state index is 0.618. The largest absolute Gasteiger partial charge is 0.0795 e. The number of allylic oxidation sites excluding steroid dienone is 1. The van der Waals surface area contributed by atoms with Gasteiger partial charge < -0.3 is 0 Å². The molecule has 0 bridgehead atoms. The first kappa shape index (κ1) is 10.1. The number of benzene rings is 2. The third kappa shape index (κ3) is 1.45. The zero-order chi connectivity index (χ0) is 11.9. The Kier molecular flexibility index (Phi) is 2.16. The van der Waals surface area contributed by atoms with Gasteiger partial charge in [0.25, 0.3) is 0 Å². The van der Waals surface area contributed by atoms with Crippen LogP contribution >= 0.6 is 0 Å². The maximum atomic E-state index is 2.42. The number of aryl methyl sites for hydroxylation is 1. The summed E-state index contributed by atoms with van der Waals surface area (Å²) in [6.07, 6.45) is 8.11. The lowest BCUT2D eigenvalue weighted by Gasteiger charge is -2.13. The van der Waals surface area contributed by atoms with Gasteiger partial charge in [0.2, 0.25) is 0 Å². The molecule has 0 aromatic heterocycles. The molecule has 2 aliphatic rings. The quantitative estimate of drug-likeness (QED) is 0.686. The van der Waals surface area contributed by atoms with E-state index in [1.807, 2.05) is 0 Å². The van der Waals surface area contributed by atoms with E-state index < -0.39 is 0 Å². The highest BCUT2D eigenvalue weighted by atomic mass is 14.3. The molecule has 0 N–H and O–H groups in total. The molecule has 1 atom stereocenters. The van der Waals surface area contributed by atoms with Gasteiger partial charge in [-0.3, -0.25) is 0 Å². The van der Waals surface area contributed by atoms with Crippen molar-refractivity contribution in [2.24, 2.45) is 0 Å². The summed E-state index contributed by atoms with van der Waals surface area (Å²) in [6, 6.07) is 15.9. The van der Waals surface area contributed by atoms with Crippen molar-refractivity contribution in [3.05, 3.63) is 76.4 Å². The van der Waals surface area contributed by atoms with Gasteiger partial charge in [-0.2, -0.15) is 0 Å². The zero-order valence-electron chi connectivity index (χ0n) is 10.4. The van der Waals surface area contributed by atoms with Crippen LogP contribution in [0.15, 0.2) is 48.5 Å². The number of fused-ring (bicyclic) bond motifs is 2. The Bertz CT molecular complexity index is 634. The third-order valence-corrected chi connectivity index (χ3v) is 4.34. The van der Waals surface area contributed by atoms with Crippen LogP contribution in [0.4, 0.5) is 0 Å². The van der Waals surface area contributed by atoms with E-state index in [0.29, 0.717) is 5.92 Å². The third-order valence-electron chi connectivity index (χ3n) is 4.34. The lowest BCUT2D eigenvalue weighted by atomic mass is 9.91. The fourth-order valence-corrected chi connectivity index (χ4v) is 3.40. The Morgan fingerprint density at radius 1 is 0.944 bits per heavy atom. The minimum Gasteiger partial charge on any atom is -0.0795 e. The van der Waals surface area contributed by atoms with Gasteiger partial charge in [-0.15, -0.1) is 0 Å². The summed E-state index contributed by atoms with van der Waals surface area (Å²) in [5, 5.41) is 0. The molecule has 4 rings (SSSR count). The summed E-state index contributed by atoms with van der Waals surface area (Å²) in [5.74, 6) is 0.618. The van der Waals surface area contributed by atoms with Crippen LogP contribution in [0, 0.1) is 0 Å². The summed E-state index contributed by atoms with van der Waals surface area (Å²) in [6.45, 7) is 0. The van der Waals surface area contributed by atoms with Crippen LogP contribution in [0.3, 0.4) is 0 Å². The number of hydrogen-bond donors (Lipinski definition) is 0. The summed E-state index contributed by atoms with van der Waals surface area (Å²) in [7, 11) is 0. The predicted octanol–water partition coefficient (Wildman–Crippen LogP) is 4.33. The molecule has 2 aromatic carbocycles. The van der Waals surface area contributed by atoms with Gasteiger partial charge >= 0.3 is 0 Å². The molecule has 0 heteroatoms. The van der Waals surface area contributed by atoms with Crippen LogP contribution in [0.5, 0.6) is 0 Å². The molecular weight excluding hydrogens is 216 g/mol. The van der Waals surface area contributed by atoms with Gasteiger partial charge in [0.05, 0.1) is 0 Å². The molecule has 88 valence electrons. The van der Waals surface area contributed by atoms with Crippen LogP contribution in [0.2, 0.25) is 0 Å². The van der Waals surface area contributed by atoms with Crippen LogP contribution in [0.1, 0.15) is 40.2 Å². The van der Waals surface area contributed by atoms with Crippen LogP contribution < -0.4 is 0 Å². The standard InChI is InChI=1S/C18H16/c1-2-7-17-14(4-1)10-11-18(17)16-9-8-13-5-3-6-15(13)12-16/h1-5,7-9,12,18H,6,10-11H2/t18-/m0/s1. The van der Waals surface area contributed by atoms with Crippen LogP contribution in [-0.2, 0) is 12.8 Å². The van der Waals surface area contributed by atoms with E-state index in [4.69, 9.17) is 0 Å². The number of hydrogen-bond acceptors (Lipinski definition) is 0. The molecule has 0 nitrogen and oxygen atoms in total. The Morgan fingerprint density at radius 3 is 2.89 bits per heavy atom. The van der Waals surface area contributed by atoms with Crippen LogP contribution in [-0.4, -0.2) is 0 Å². The Balaban J connectivity index is 1.77. The summed E-state index contributed by atoms with van der Waals surface area (Å²) < 4.78 is 0. The van der Waals surface area contributed by atoms with Gasteiger partial charge in [0, 0.05) is 5.92 Å². The highest BCUT2D eigenvalue weighted by molar-refractivity contribution is 5.61. The second-order valence-electron chi connectivity index (χ2n) is 5.35. The van der Waals surface area contributed by atoms with Crippen molar-refractivity contribution in [2.75, 3.05) is 0 Å². The van der Waals surface area contributed by atoms with E-state index in [1.54, 1.807) is 11.1 Å². The molecule has 0 amide bonds. The molecule has 0 unspecified atom stereocenters. The first-order chi connectivity index (χ1) is 8.92. The lowest BCUT2D eigenvalue weighted by Crippen LogP contribution is -1.97. The lowest BCUT2D eigenvalue weighted by molar-refractivity contribution is 0.787. The SMILES string of the molecule is C1=Cc2ccc([C@@H]3CCc4ccccc43)cc2C1. The van der Waals surface area contributed by atoms with E-state index in [1.165, 1.54) is 29.5 Å². The molecule has 0 saturated heterocycles. The Hall–Kier alpha value is -1.82. The van der Waals surface area contributed by atoms with Crippen molar-refractivity contribution >= 4 is 6.08 Å². The topological polar surface area (TPSA) is 0 Å². The highest BCUT2D eigenvalue weighted by Crippen LogP contribution is 2.38. The fraction of sp³-hybridized carbons (Fsp3) is 0.222. The van der Waals surface area contributed by atoms with Gasteiger partial charge in [0.1, 0.15) is 0 Å². The first-order valence-electron chi connectivity index (χ1n) is 6.79. The van der Waals surface area contributed by atoms with Crippen molar-refractivity contribution in [1.82, 2.24) is 0 Å². The van der Waals surface area contributed by atoms with Gasteiger partial charge in [-0.1, -0.05) is 54.6 Å². The average molecular weight is 232 g/mol. The maximum Gasteiger partial charge on any atom is 0.00953 e. The summed E-state index contributed by atoms with van der Waals surface area (Å²) in [4.78, 5) is 0. The van der Waals surface area contributed by atoms with Crippen molar-refractivity contribution in [2.45, 2.75) is 25.2 Å². The van der Waals surface area contributed by atoms with Crippen molar-refractivity contribution in [1.29, 1.82) is 0 Å². The van der Waals surface area contributed by atoms with Crippen LogP contribution in [0.25, 0.3) is 6.08 Å². The predicted molar refractivity (Wildman–Crippen MR) is 75.8 cm³/mol. The van der Waals surface area contributed by atoms with Gasteiger partial charge in [-0.25, -0.2) is 0 Å². The molecule has 0 fully saturated rings. The van der Waals surface area contributed by atoms with E-state index in [0.717, 1.165) is 6.42 Å². The first-order valence-corrected chi connectivity index (χ1v) is 6.79. The van der Waals surface area contributed by atoms with Gasteiger partial charge in [0.15, 0.2) is 0 Å². The second kappa shape index (κ2) is 3.84. The minimum atomic E-state index is 0.618. The highest BCUT2D eigenvalue weighted by Gasteiger charge is 2.23. The van der Waals surface area contributed by atoms with Crippen molar-refractivity contribution < 1.29 is 0 Å². The molecule has 0 radical (unpaired) electrons. The second-order valence-corrected chi connectivity index (χ2v) is 5.35. The smallest absolute Gasteiger partial charge is 0.00953 e. The van der Waals surface area contributed by atoms with E-state index in [9.17, 15) is 0 Å². The monoisotopic (exact) mass is 232 g/mol. The summed E-state index contributed by atoms with van der Waals surface area (Å²) in [5.41, 5.74) is 7.49. The molecule has 0 spiro atoms. The zero-order valence-corrected chi connectivity index (χ0v) is 10.4. The van der Waals surface area contributed by atoms with Crippen molar-refractivity contribution in [3.63, 3.8) is 0 Å². The Morgan fingerprint density at radius 2 is 1.89 bits per heavy atom. The van der Waals surface area contributed by atoms with E-state index in [-0.39, 0.29) is 0 Å². The molecule has 0 aliphatic heterocycles. The molecule has 2 aliphatic carbocycles. The molecule has 0 heterocycles. The average Bonchev–Trinajstić information content (AvgIpc) is 3.04. The van der Waals surface area contributed by atoms with E-state index in [2.05, 4.69) is 54.6 Å². The molecule has 18 heavy (non-hydrogen) atoms. The molecule has 2 aromatic rings. The maximum absolute atomic E-state index is 2.42. The van der Waals surface area contributed by atoms with Crippen molar-refractivity contribution in [3.8, 4) is 0 Å². The normalized spacial score (nSPS) is 19.9. The molecular formula is C18H16. The Labute approximate surface area is 108 Å². The molecule has 0 saturated carbocycles. The fourth-order valence-electron chi connectivity index (χ4n) is 3.40.